The van der Waals surface area contributed by atoms with Crippen molar-refractivity contribution >= 4 is 38.2 Å². The number of halogens is 4. The van der Waals surface area contributed by atoms with E-state index in [9.17, 15) is 30.8 Å². The number of fused-ring (bicyclic) bond motifs is 1. The number of carbonyl (C=O) groups excluding carboxylic acids is 1. The molecule has 0 fully saturated rings. The number of sulfonamides is 1. The highest BCUT2D eigenvalue weighted by Crippen LogP contribution is 2.33. The number of benzene rings is 3. The number of alkyl halides is 3. The summed E-state index contributed by atoms with van der Waals surface area (Å²) in [4.78, 5) is 18.2. The van der Waals surface area contributed by atoms with Gasteiger partial charge in [-0.05, 0) is 66.7 Å². The first kappa shape index (κ1) is 28.0. The molecule has 0 unspecified atom stereocenters. The summed E-state index contributed by atoms with van der Waals surface area (Å²) in [5.74, 6) is -0.875. The molecule has 4 rings (SSSR count). The van der Waals surface area contributed by atoms with Crippen LogP contribution in [0.2, 0.25) is 0 Å². The van der Waals surface area contributed by atoms with Gasteiger partial charge in [0.2, 0.25) is 10.0 Å². The van der Waals surface area contributed by atoms with Crippen LogP contribution in [0.3, 0.4) is 0 Å². The van der Waals surface area contributed by atoms with Gasteiger partial charge in [-0.2, -0.15) is 17.5 Å². The Hall–Kier alpha value is -4.03. The van der Waals surface area contributed by atoms with E-state index in [4.69, 9.17) is 0 Å². The fourth-order valence-electron chi connectivity index (χ4n) is 3.80. The Morgan fingerprint density at radius 1 is 0.923 bits per heavy atom. The van der Waals surface area contributed by atoms with E-state index in [0.717, 1.165) is 28.6 Å². The molecule has 0 aliphatic carbocycles. The fourth-order valence-corrected chi connectivity index (χ4v) is 4.97. The number of carbonyl (C=O) groups is 1. The highest BCUT2D eigenvalue weighted by atomic mass is 32.2. The Morgan fingerprint density at radius 3 is 2.23 bits per heavy atom. The third kappa shape index (κ3) is 6.35. The SMILES string of the molecule is CN(CCN(C)S(=O)(=O)c1ccc(F)cc1)C(=O)c1ccc(Nc2ccnc3cc(C(F)(F)F)ccc23)cc1. The number of rotatable bonds is 8. The van der Waals surface area contributed by atoms with E-state index < -0.39 is 27.6 Å². The molecule has 1 aromatic heterocycles. The number of aromatic nitrogens is 1. The summed E-state index contributed by atoms with van der Waals surface area (Å²) < 4.78 is 78.6. The van der Waals surface area contributed by atoms with Crippen LogP contribution in [-0.4, -0.2) is 55.7 Å². The van der Waals surface area contributed by atoms with Gasteiger partial charge in [-0.25, -0.2) is 12.8 Å². The molecule has 0 saturated carbocycles. The lowest BCUT2D eigenvalue weighted by atomic mass is 10.1. The van der Waals surface area contributed by atoms with E-state index >= 15 is 0 Å². The van der Waals surface area contributed by atoms with Crippen LogP contribution in [0.25, 0.3) is 10.9 Å². The first-order valence-electron chi connectivity index (χ1n) is 11.7. The third-order valence-electron chi connectivity index (χ3n) is 6.10. The maximum atomic E-state index is 13.1. The van der Waals surface area contributed by atoms with E-state index in [1.807, 2.05) is 0 Å². The summed E-state index contributed by atoms with van der Waals surface area (Å²) in [5.41, 5.74) is 0.920. The zero-order chi connectivity index (χ0) is 28.4. The largest absolute Gasteiger partial charge is 0.416 e. The number of anilines is 2. The molecular formula is C27H24F4N4O3S. The first-order chi connectivity index (χ1) is 18.4. The lowest BCUT2D eigenvalue weighted by Gasteiger charge is -2.22. The Balaban J connectivity index is 1.40. The number of hydrogen-bond acceptors (Lipinski definition) is 5. The molecule has 1 heterocycles. The van der Waals surface area contributed by atoms with E-state index in [-0.39, 0.29) is 29.4 Å². The van der Waals surface area contributed by atoms with Gasteiger partial charge < -0.3 is 10.2 Å². The van der Waals surface area contributed by atoms with Gasteiger partial charge in [-0.1, -0.05) is 6.07 Å². The van der Waals surface area contributed by atoms with E-state index in [1.54, 1.807) is 37.4 Å². The van der Waals surface area contributed by atoms with Crippen LogP contribution in [0, 0.1) is 5.82 Å². The summed E-state index contributed by atoms with van der Waals surface area (Å²) >= 11 is 0. The van der Waals surface area contributed by atoms with Crippen molar-refractivity contribution in [1.29, 1.82) is 0 Å². The number of hydrogen-bond donors (Lipinski definition) is 1. The Kier molecular flexibility index (Phi) is 7.89. The molecule has 0 spiro atoms. The smallest absolute Gasteiger partial charge is 0.355 e. The molecule has 39 heavy (non-hydrogen) atoms. The van der Waals surface area contributed by atoms with Crippen molar-refractivity contribution in [3.05, 3.63) is 95.9 Å². The van der Waals surface area contributed by atoms with Gasteiger partial charge in [0.15, 0.2) is 0 Å². The molecule has 12 heteroatoms. The molecule has 1 amide bonds. The minimum atomic E-state index is -4.47. The molecule has 7 nitrogen and oxygen atoms in total. The monoisotopic (exact) mass is 560 g/mol. The zero-order valence-corrected chi connectivity index (χ0v) is 21.7. The molecule has 0 radical (unpaired) electrons. The number of nitrogens with zero attached hydrogens (tertiary/aromatic N) is 3. The van der Waals surface area contributed by atoms with Gasteiger partial charge in [0.05, 0.1) is 16.0 Å². The van der Waals surface area contributed by atoms with Crippen LogP contribution in [0.5, 0.6) is 0 Å². The minimum Gasteiger partial charge on any atom is -0.355 e. The molecule has 0 bridgehead atoms. The highest BCUT2D eigenvalue weighted by molar-refractivity contribution is 7.89. The number of likely N-dealkylation sites (N-methyl/N-ethyl adjacent to an activating group) is 2. The zero-order valence-electron chi connectivity index (χ0n) is 20.9. The third-order valence-corrected chi connectivity index (χ3v) is 7.97. The molecule has 3 aromatic carbocycles. The maximum absolute atomic E-state index is 13.1. The first-order valence-corrected chi connectivity index (χ1v) is 13.1. The minimum absolute atomic E-state index is 0.0206. The standard InChI is InChI=1S/C27H24F4N4O3S/c1-34(15-16-35(2)39(37,38)22-10-6-20(28)7-11-22)26(36)18-3-8-21(9-4-18)33-24-13-14-32-25-17-19(27(29,30)31)5-12-23(24)25/h3-14,17H,15-16H2,1-2H3,(H,32,33). The van der Waals surface area contributed by atoms with E-state index in [2.05, 4.69) is 10.3 Å². The molecule has 4 aromatic rings. The van der Waals surface area contributed by atoms with Crippen LogP contribution in [0.4, 0.5) is 28.9 Å². The van der Waals surface area contributed by atoms with Crippen molar-refractivity contribution < 1.29 is 30.8 Å². The molecule has 0 atom stereocenters. The van der Waals surface area contributed by atoms with E-state index in [1.165, 1.54) is 36.3 Å². The van der Waals surface area contributed by atoms with Crippen molar-refractivity contribution in [2.45, 2.75) is 11.1 Å². The number of pyridine rings is 1. The number of nitrogens with one attached hydrogen (secondary N) is 1. The summed E-state index contributed by atoms with van der Waals surface area (Å²) in [6.45, 7) is 0.130. The van der Waals surface area contributed by atoms with Crippen molar-refractivity contribution in [3.63, 3.8) is 0 Å². The van der Waals surface area contributed by atoms with Gasteiger partial charge in [0.25, 0.3) is 5.91 Å². The maximum Gasteiger partial charge on any atom is 0.416 e. The highest BCUT2D eigenvalue weighted by Gasteiger charge is 2.30. The Morgan fingerprint density at radius 2 is 1.59 bits per heavy atom. The van der Waals surface area contributed by atoms with Crippen molar-refractivity contribution in [1.82, 2.24) is 14.2 Å². The lowest BCUT2D eigenvalue weighted by molar-refractivity contribution is -0.137. The quantitative estimate of drug-likeness (QED) is 0.287. The van der Waals surface area contributed by atoms with Gasteiger partial charge in [0.1, 0.15) is 5.82 Å². The Labute approximate surface area is 222 Å². The molecule has 1 N–H and O–H groups in total. The van der Waals surface area contributed by atoms with Crippen LogP contribution in [0.15, 0.2) is 83.9 Å². The lowest BCUT2D eigenvalue weighted by Crippen LogP contribution is -2.37. The van der Waals surface area contributed by atoms with Gasteiger partial charge >= 0.3 is 6.18 Å². The molecule has 204 valence electrons. The average molecular weight is 561 g/mol. The normalized spacial score (nSPS) is 12.1. The van der Waals surface area contributed by atoms with Crippen LogP contribution in [-0.2, 0) is 16.2 Å². The summed E-state index contributed by atoms with van der Waals surface area (Å²) in [7, 11) is -0.916. The second-order valence-corrected chi connectivity index (χ2v) is 10.8. The van der Waals surface area contributed by atoms with Crippen molar-refractivity contribution in [2.24, 2.45) is 0 Å². The molecule has 0 aliphatic rings. The molecule has 0 aliphatic heterocycles. The summed E-state index contributed by atoms with van der Waals surface area (Å²) in [5, 5.41) is 3.64. The van der Waals surface area contributed by atoms with Crippen LogP contribution >= 0.6 is 0 Å². The number of amides is 1. The molecule has 0 saturated heterocycles. The van der Waals surface area contributed by atoms with Gasteiger partial charge in [-0.15, -0.1) is 0 Å². The Bertz CT molecular complexity index is 1590. The van der Waals surface area contributed by atoms with Crippen molar-refractivity contribution in [2.75, 3.05) is 32.5 Å². The van der Waals surface area contributed by atoms with Crippen molar-refractivity contribution in [3.8, 4) is 0 Å². The second kappa shape index (κ2) is 11.0. The predicted octanol–water partition coefficient (Wildman–Crippen LogP) is 5.53. The summed E-state index contributed by atoms with van der Waals surface area (Å²) in [6.07, 6.45) is -3.06. The average Bonchev–Trinajstić information content (AvgIpc) is 2.91. The van der Waals surface area contributed by atoms with E-state index in [0.29, 0.717) is 22.3 Å². The fraction of sp³-hybridized carbons (Fsp3) is 0.185. The summed E-state index contributed by atoms with van der Waals surface area (Å²) in [6, 6.07) is 16.0. The van der Waals surface area contributed by atoms with Gasteiger partial charge in [0, 0.05) is 55.7 Å². The van der Waals surface area contributed by atoms with Crippen LogP contribution in [0.1, 0.15) is 15.9 Å². The van der Waals surface area contributed by atoms with Gasteiger partial charge in [-0.3, -0.25) is 9.78 Å². The van der Waals surface area contributed by atoms with Crippen LogP contribution < -0.4 is 5.32 Å². The topological polar surface area (TPSA) is 82.6 Å². The predicted molar refractivity (Wildman–Crippen MR) is 140 cm³/mol. The second-order valence-electron chi connectivity index (χ2n) is 8.80. The molecular weight excluding hydrogens is 536 g/mol.